The van der Waals surface area contributed by atoms with Gasteiger partial charge in [0.15, 0.2) is 6.10 Å². The van der Waals surface area contributed by atoms with Crippen LogP contribution < -0.4 is 10.6 Å². The van der Waals surface area contributed by atoms with Gasteiger partial charge in [0.2, 0.25) is 0 Å². The number of rotatable bonds is 5. The topological polar surface area (TPSA) is 131 Å². The average molecular weight is 244 g/mol. The van der Waals surface area contributed by atoms with Crippen molar-refractivity contribution in [2.24, 2.45) is 7.05 Å². The van der Waals surface area contributed by atoms with Crippen LogP contribution in [0.25, 0.3) is 0 Å². The Balaban J connectivity index is 2.37. The predicted molar refractivity (Wildman–Crippen MR) is 54.3 cm³/mol. The molecule has 0 saturated carbocycles. The number of ether oxygens (including phenoxy) is 1. The zero-order valence-corrected chi connectivity index (χ0v) is 9.25. The van der Waals surface area contributed by atoms with E-state index in [2.05, 4.69) is 30.8 Å². The molecule has 10 nitrogen and oxygen atoms in total. The van der Waals surface area contributed by atoms with Gasteiger partial charge in [0.25, 0.3) is 5.95 Å². The van der Waals surface area contributed by atoms with Crippen molar-refractivity contribution in [1.29, 1.82) is 0 Å². The normalized spacial score (nSPS) is 11.9. The van der Waals surface area contributed by atoms with Crippen molar-refractivity contribution in [3.8, 4) is 0 Å². The molecule has 1 aromatic rings. The van der Waals surface area contributed by atoms with Crippen LogP contribution in [0.15, 0.2) is 0 Å². The second-order valence-corrected chi connectivity index (χ2v) is 3.00. The summed E-state index contributed by atoms with van der Waals surface area (Å²) in [4.78, 5) is 23.0. The molecule has 0 bridgehead atoms. The standard InChI is InChI=1S/C7H12N6O4/c1-13-11-6(10-12-13)9-7(16)8-3-4(17-2)5(14)15/h4H,3H2,1-2H3,(H,14,15)(H2,8,9,11,16). The first-order chi connectivity index (χ1) is 8.02. The maximum Gasteiger partial charge on any atom is 0.334 e. The van der Waals surface area contributed by atoms with Crippen molar-refractivity contribution >= 4 is 17.9 Å². The van der Waals surface area contributed by atoms with Crippen molar-refractivity contribution in [3.63, 3.8) is 0 Å². The molecule has 3 N–H and O–H groups in total. The van der Waals surface area contributed by atoms with Crippen molar-refractivity contribution in [3.05, 3.63) is 0 Å². The number of carboxylic acid groups (broad SMARTS) is 1. The minimum Gasteiger partial charge on any atom is -0.479 e. The quantitative estimate of drug-likeness (QED) is 0.570. The number of aryl methyl sites for hydroxylation is 1. The van der Waals surface area contributed by atoms with E-state index in [9.17, 15) is 9.59 Å². The Morgan fingerprint density at radius 3 is 2.76 bits per heavy atom. The van der Waals surface area contributed by atoms with Crippen molar-refractivity contribution in [2.75, 3.05) is 19.0 Å². The molecule has 1 aromatic heterocycles. The van der Waals surface area contributed by atoms with Gasteiger partial charge in [-0.3, -0.25) is 5.32 Å². The number of amides is 2. The molecule has 2 amide bonds. The van der Waals surface area contributed by atoms with Crippen LogP contribution >= 0.6 is 0 Å². The second kappa shape index (κ2) is 5.75. The minimum absolute atomic E-state index is 0.0225. The summed E-state index contributed by atoms with van der Waals surface area (Å²) in [5, 5.41) is 24.0. The molecule has 0 aliphatic carbocycles. The number of hydrogen-bond acceptors (Lipinski definition) is 6. The van der Waals surface area contributed by atoms with E-state index in [4.69, 9.17) is 5.11 Å². The third kappa shape index (κ3) is 4.03. The molecule has 1 unspecified atom stereocenters. The molecule has 0 aromatic carbocycles. The lowest BCUT2D eigenvalue weighted by Crippen LogP contribution is -2.39. The molecule has 10 heteroatoms. The Hall–Kier alpha value is -2.23. The maximum absolute atomic E-state index is 11.3. The number of aromatic nitrogens is 4. The number of hydrogen-bond donors (Lipinski definition) is 3. The van der Waals surface area contributed by atoms with Gasteiger partial charge in [-0.2, -0.15) is 4.80 Å². The Morgan fingerprint density at radius 2 is 2.29 bits per heavy atom. The summed E-state index contributed by atoms with van der Waals surface area (Å²) in [5.74, 6) is -1.14. The summed E-state index contributed by atoms with van der Waals surface area (Å²) >= 11 is 0. The fraction of sp³-hybridized carbons (Fsp3) is 0.571. The number of nitrogens with one attached hydrogen (secondary N) is 2. The van der Waals surface area contributed by atoms with Gasteiger partial charge < -0.3 is 15.2 Å². The van der Waals surface area contributed by atoms with Gasteiger partial charge in [-0.15, -0.1) is 5.10 Å². The van der Waals surface area contributed by atoms with Gasteiger partial charge in [-0.25, -0.2) is 9.59 Å². The van der Waals surface area contributed by atoms with Crippen molar-refractivity contribution in [1.82, 2.24) is 25.5 Å². The lowest BCUT2D eigenvalue weighted by Gasteiger charge is -2.10. The second-order valence-electron chi connectivity index (χ2n) is 3.00. The third-order valence-electron chi connectivity index (χ3n) is 1.74. The van der Waals surface area contributed by atoms with E-state index in [0.717, 1.165) is 0 Å². The molecule has 0 fully saturated rings. The predicted octanol–water partition coefficient (Wildman–Crippen LogP) is -1.57. The molecule has 1 rings (SSSR count). The van der Waals surface area contributed by atoms with E-state index in [-0.39, 0.29) is 12.5 Å². The highest BCUT2D eigenvalue weighted by atomic mass is 16.5. The van der Waals surface area contributed by atoms with Crippen LogP contribution in [0, 0.1) is 0 Å². The first-order valence-corrected chi connectivity index (χ1v) is 4.57. The van der Waals surface area contributed by atoms with Crippen molar-refractivity contribution < 1.29 is 19.4 Å². The Morgan fingerprint density at radius 1 is 1.59 bits per heavy atom. The van der Waals surface area contributed by atoms with E-state index < -0.39 is 18.1 Å². The fourth-order valence-electron chi connectivity index (χ4n) is 0.937. The van der Waals surface area contributed by atoms with Crippen LogP contribution in [0.4, 0.5) is 10.7 Å². The summed E-state index contributed by atoms with van der Waals surface area (Å²) in [6.07, 6.45) is -1.10. The molecule has 0 spiro atoms. The summed E-state index contributed by atoms with van der Waals surface area (Å²) in [7, 11) is 2.78. The molecular formula is C7H12N6O4. The number of nitrogens with zero attached hydrogens (tertiary/aromatic N) is 4. The fourth-order valence-corrected chi connectivity index (χ4v) is 0.937. The van der Waals surface area contributed by atoms with Gasteiger partial charge in [-0.1, -0.05) is 5.10 Å². The highest BCUT2D eigenvalue weighted by Gasteiger charge is 2.17. The van der Waals surface area contributed by atoms with Crippen LogP contribution in [-0.4, -0.2) is 57.1 Å². The minimum atomic E-state index is -1.16. The molecule has 0 saturated heterocycles. The number of aliphatic carboxylic acids is 1. The molecule has 94 valence electrons. The number of anilines is 1. The number of carbonyl (C=O) groups excluding carboxylic acids is 1. The number of carboxylic acids is 1. The Bertz CT molecular complexity index is 405. The summed E-state index contributed by atoms with van der Waals surface area (Å²) < 4.78 is 4.63. The monoisotopic (exact) mass is 244 g/mol. The number of urea groups is 1. The van der Waals surface area contributed by atoms with Gasteiger partial charge in [0, 0.05) is 7.11 Å². The third-order valence-corrected chi connectivity index (χ3v) is 1.74. The Kier molecular flexibility index (Phi) is 4.34. The zero-order valence-electron chi connectivity index (χ0n) is 9.25. The number of methoxy groups -OCH3 is 1. The van der Waals surface area contributed by atoms with Crippen LogP contribution in [0.5, 0.6) is 0 Å². The highest BCUT2D eigenvalue weighted by molar-refractivity contribution is 5.87. The number of carbonyl (C=O) groups is 2. The number of tetrazole rings is 1. The molecule has 0 aliphatic rings. The average Bonchev–Trinajstić information content (AvgIpc) is 2.64. The van der Waals surface area contributed by atoms with Gasteiger partial charge >= 0.3 is 12.0 Å². The molecular weight excluding hydrogens is 232 g/mol. The molecule has 1 atom stereocenters. The maximum atomic E-state index is 11.3. The molecule has 1 heterocycles. The van der Waals surface area contributed by atoms with E-state index in [1.54, 1.807) is 7.05 Å². The largest absolute Gasteiger partial charge is 0.479 e. The van der Waals surface area contributed by atoms with E-state index >= 15 is 0 Å². The molecule has 17 heavy (non-hydrogen) atoms. The van der Waals surface area contributed by atoms with Gasteiger partial charge in [0.1, 0.15) is 0 Å². The highest BCUT2D eigenvalue weighted by Crippen LogP contribution is 1.92. The summed E-state index contributed by atoms with van der Waals surface area (Å²) in [6.45, 7) is -0.169. The Labute approximate surface area is 95.9 Å². The summed E-state index contributed by atoms with van der Waals surface area (Å²) in [6, 6.07) is -0.638. The van der Waals surface area contributed by atoms with Gasteiger partial charge in [-0.05, 0) is 5.21 Å². The lowest BCUT2D eigenvalue weighted by atomic mass is 10.3. The van der Waals surface area contributed by atoms with Crippen LogP contribution in [0.2, 0.25) is 0 Å². The molecule has 0 aliphatic heterocycles. The van der Waals surface area contributed by atoms with E-state index in [0.29, 0.717) is 0 Å². The van der Waals surface area contributed by atoms with E-state index in [1.165, 1.54) is 11.9 Å². The first-order valence-electron chi connectivity index (χ1n) is 4.57. The smallest absolute Gasteiger partial charge is 0.334 e. The van der Waals surface area contributed by atoms with Crippen molar-refractivity contribution in [2.45, 2.75) is 6.10 Å². The van der Waals surface area contributed by atoms with Crippen LogP contribution in [0.3, 0.4) is 0 Å². The van der Waals surface area contributed by atoms with E-state index in [1.807, 2.05) is 0 Å². The summed E-state index contributed by atoms with van der Waals surface area (Å²) in [5.41, 5.74) is 0. The van der Waals surface area contributed by atoms with Crippen LogP contribution in [0.1, 0.15) is 0 Å². The SMILES string of the molecule is COC(CNC(=O)Nc1nnn(C)n1)C(=O)O. The first kappa shape index (κ1) is 12.8. The van der Waals surface area contributed by atoms with Gasteiger partial charge in [0.05, 0.1) is 13.6 Å². The zero-order chi connectivity index (χ0) is 12.8. The van der Waals surface area contributed by atoms with Crippen LogP contribution in [-0.2, 0) is 16.6 Å². The molecule has 0 radical (unpaired) electrons. The lowest BCUT2D eigenvalue weighted by molar-refractivity contribution is -0.147.